The summed E-state index contributed by atoms with van der Waals surface area (Å²) in [5.41, 5.74) is 7.13. The molecule has 0 aliphatic carbocycles. The summed E-state index contributed by atoms with van der Waals surface area (Å²) in [7, 11) is 2.13. The number of hydrogen-bond acceptors (Lipinski definition) is 4. The minimum absolute atomic E-state index is 0.161. The zero-order valence-electron chi connectivity index (χ0n) is 11.5. The minimum atomic E-state index is 0.161. The zero-order chi connectivity index (χ0) is 13.7. The summed E-state index contributed by atoms with van der Waals surface area (Å²) in [4.78, 5) is 4.71. The summed E-state index contributed by atoms with van der Waals surface area (Å²) in [6.45, 7) is 3.62. The molecule has 19 heavy (non-hydrogen) atoms. The Kier molecular flexibility index (Phi) is 4.92. The first-order chi connectivity index (χ1) is 9.26. The van der Waals surface area contributed by atoms with Gasteiger partial charge in [0.2, 0.25) is 0 Å². The summed E-state index contributed by atoms with van der Waals surface area (Å²) < 4.78 is 0. The van der Waals surface area contributed by atoms with Gasteiger partial charge >= 0.3 is 0 Å². The van der Waals surface area contributed by atoms with E-state index in [0.29, 0.717) is 19.0 Å². The number of likely N-dealkylation sites (N-methyl/N-ethyl adjacent to an activating group) is 1. The van der Waals surface area contributed by atoms with Gasteiger partial charge in [0.1, 0.15) is 0 Å². The van der Waals surface area contributed by atoms with Gasteiger partial charge in [-0.3, -0.25) is 4.90 Å². The first kappa shape index (κ1) is 14.0. The lowest BCUT2D eigenvalue weighted by Crippen LogP contribution is -2.55. The van der Waals surface area contributed by atoms with Gasteiger partial charge in [0.25, 0.3) is 0 Å². The summed E-state index contributed by atoms with van der Waals surface area (Å²) >= 11 is 0. The standard InChI is InChI=1S/C15H22N4/c1-18-9-10-19(14(11-17)12-18)15(7-8-16)13-5-3-2-4-6-13/h2-6,14-15H,7,9-12,17H2,1H3. The van der Waals surface area contributed by atoms with Crippen LogP contribution in [0.5, 0.6) is 0 Å². The fourth-order valence-electron chi connectivity index (χ4n) is 2.83. The first-order valence-corrected chi connectivity index (χ1v) is 6.82. The molecule has 1 aliphatic rings. The van der Waals surface area contributed by atoms with Crippen LogP contribution in [0.2, 0.25) is 0 Å². The molecule has 0 aromatic heterocycles. The number of nitriles is 1. The zero-order valence-corrected chi connectivity index (χ0v) is 11.5. The van der Waals surface area contributed by atoms with Gasteiger partial charge in [-0.25, -0.2) is 0 Å². The summed E-state index contributed by atoms with van der Waals surface area (Å²) in [5.74, 6) is 0. The predicted molar refractivity (Wildman–Crippen MR) is 76.5 cm³/mol. The van der Waals surface area contributed by atoms with E-state index in [-0.39, 0.29) is 6.04 Å². The van der Waals surface area contributed by atoms with E-state index in [1.807, 2.05) is 18.2 Å². The summed E-state index contributed by atoms with van der Waals surface area (Å²) in [5, 5.41) is 9.12. The lowest BCUT2D eigenvalue weighted by molar-refractivity contribution is 0.0569. The van der Waals surface area contributed by atoms with Crippen molar-refractivity contribution in [3.8, 4) is 6.07 Å². The molecule has 2 rings (SSSR count). The normalized spacial score (nSPS) is 22.9. The lowest BCUT2D eigenvalue weighted by atomic mass is 9.99. The Hall–Kier alpha value is -1.41. The molecule has 1 saturated heterocycles. The largest absolute Gasteiger partial charge is 0.329 e. The van der Waals surface area contributed by atoms with Crippen molar-refractivity contribution >= 4 is 0 Å². The molecule has 0 radical (unpaired) electrons. The Morgan fingerprint density at radius 3 is 2.74 bits per heavy atom. The van der Waals surface area contributed by atoms with Crippen LogP contribution in [0.15, 0.2) is 30.3 Å². The fourth-order valence-corrected chi connectivity index (χ4v) is 2.83. The minimum Gasteiger partial charge on any atom is -0.329 e. The molecule has 0 saturated carbocycles. The maximum absolute atomic E-state index is 9.12. The highest BCUT2D eigenvalue weighted by molar-refractivity contribution is 5.20. The Morgan fingerprint density at radius 2 is 2.11 bits per heavy atom. The highest BCUT2D eigenvalue weighted by Gasteiger charge is 2.30. The maximum atomic E-state index is 9.12. The summed E-state index contributed by atoms with van der Waals surface area (Å²) in [6, 6.07) is 13.1. The van der Waals surface area contributed by atoms with E-state index in [9.17, 15) is 0 Å². The Bertz CT molecular complexity index is 426. The van der Waals surface area contributed by atoms with E-state index in [4.69, 9.17) is 11.0 Å². The monoisotopic (exact) mass is 258 g/mol. The number of benzene rings is 1. The molecule has 1 aromatic rings. The molecule has 4 heteroatoms. The van der Waals surface area contributed by atoms with Gasteiger partial charge in [-0.1, -0.05) is 30.3 Å². The third kappa shape index (κ3) is 3.32. The van der Waals surface area contributed by atoms with Crippen LogP contribution in [0, 0.1) is 11.3 Å². The van der Waals surface area contributed by atoms with Crippen molar-refractivity contribution in [1.82, 2.24) is 9.80 Å². The topological polar surface area (TPSA) is 56.3 Å². The second-order valence-electron chi connectivity index (χ2n) is 5.18. The molecule has 1 heterocycles. The van der Waals surface area contributed by atoms with Crippen LogP contribution in [-0.4, -0.2) is 49.1 Å². The van der Waals surface area contributed by atoms with Crippen LogP contribution in [-0.2, 0) is 0 Å². The average molecular weight is 258 g/mol. The van der Waals surface area contributed by atoms with Gasteiger partial charge in [-0.2, -0.15) is 5.26 Å². The second kappa shape index (κ2) is 6.67. The molecule has 1 aromatic carbocycles. The van der Waals surface area contributed by atoms with E-state index >= 15 is 0 Å². The van der Waals surface area contributed by atoms with Crippen LogP contribution in [0.3, 0.4) is 0 Å². The Morgan fingerprint density at radius 1 is 1.37 bits per heavy atom. The number of rotatable bonds is 4. The molecule has 2 unspecified atom stereocenters. The molecule has 0 amide bonds. The molecule has 102 valence electrons. The molecule has 2 N–H and O–H groups in total. The quantitative estimate of drug-likeness (QED) is 0.882. The predicted octanol–water partition coefficient (Wildman–Crippen LogP) is 1.22. The summed E-state index contributed by atoms with van der Waals surface area (Å²) in [6.07, 6.45) is 0.518. The van der Waals surface area contributed by atoms with Gasteiger partial charge in [-0.05, 0) is 12.6 Å². The molecule has 4 nitrogen and oxygen atoms in total. The van der Waals surface area contributed by atoms with Crippen molar-refractivity contribution in [3.05, 3.63) is 35.9 Å². The van der Waals surface area contributed by atoms with Gasteiger partial charge in [0.15, 0.2) is 0 Å². The van der Waals surface area contributed by atoms with E-state index in [2.05, 4.69) is 35.0 Å². The third-order valence-corrected chi connectivity index (χ3v) is 3.87. The van der Waals surface area contributed by atoms with Gasteiger partial charge in [0, 0.05) is 38.3 Å². The number of nitrogens with zero attached hydrogens (tertiary/aromatic N) is 3. The van der Waals surface area contributed by atoms with E-state index < -0.39 is 0 Å². The van der Waals surface area contributed by atoms with E-state index in [0.717, 1.165) is 19.6 Å². The Labute approximate surface area is 115 Å². The van der Waals surface area contributed by atoms with Gasteiger partial charge in [0.05, 0.1) is 12.5 Å². The molecule has 0 spiro atoms. The fraction of sp³-hybridized carbons (Fsp3) is 0.533. The average Bonchev–Trinajstić information content (AvgIpc) is 2.46. The molecular formula is C15H22N4. The van der Waals surface area contributed by atoms with Crippen molar-refractivity contribution < 1.29 is 0 Å². The molecule has 0 bridgehead atoms. The van der Waals surface area contributed by atoms with Crippen LogP contribution in [0.25, 0.3) is 0 Å². The van der Waals surface area contributed by atoms with Crippen LogP contribution in [0.4, 0.5) is 0 Å². The number of piperazine rings is 1. The van der Waals surface area contributed by atoms with Crippen molar-refractivity contribution in [2.45, 2.75) is 18.5 Å². The second-order valence-corrected chi connectivity index (χ2v) is 5.18. The first-order valence-electron chi connectivity index (χ1n) is 6.82. The lowest BCUT2D eigenvalue weighted by Gasteiger charge is -2.43. The SMILES string of the molecule is CN1CCN(C(CC#N)c2ccccc2)C(CN)C1. The van der Waals surface area contributed by atoms with Crippen molar-refractivity contribution in [1.29, 1.82) is 5.26 Å². The van der Waals surface area contributed by atoms with Gasteiger partial charge in [-0.15, -0.1) is 0 Å². The smallest absolute Gasteiger partial charge is 0.0641 e. The highest BCUT2D eigenvalue weighted by Crippen LogP contribution is 2.27. The van der Waals surface area contributed by atoms with Crippen LogP contribution < -0.4 is 5.73 Å². The van der Waals surface area contributed by atoms with Crippen LogP contribution >= 0.6 is 0 Å². The third-order valence-electron chi connectivity index (χ3n) is 3.87. The maximum Gasteiger partial charge on any atom is 0.0641 e. The van der Waals surface area contributed by atoms with E-state index in [1.165, 1.54) is 5.56 Å². The number of hydrogen-bond donors (Lipinski definition) is 1. The van der Waals surface area contributed by atoms with Crippen molar-refractivity contribution in [3.63, 3.8) is 0 Å². The molecular weight excluding hydrogens is 236 g/mol. The van der Waals surface area contributed by atoms with Crippen molar-refractivity contribution in [2.24, 2.45) is 5.73 Å². The van der Waals surface area contributed by atoms with Crippen LogP contribution in [0.1, 0.15) is 18.0 Å². The van der Waals surface area contributed by atoms with Gasteiger partial charge < -0.3 is 10.6 Å². The van der Waals surface area contributed by atoms with E-state index in [1.54, 1.807) is 0 Å². The molecule has 1 aliphatic heterocycles. The highest BCUT2D eigenvalue weighted by atomic mass is 15.3. The Balaban J connectivity index is 2.21. The van der Waals surface area contributed by atoms with Crippen molar-refractivity contribution in [2.75, 3.05) is 33.2 Å². The molecule has 2 atom stereocenters. The molecule has 1 fully saturated rings. The number of nitrogens with two attached hydrogens (primary N) is 1.